The molecule has 0 radical (unpaired) electrons. The number of aromatic nitrogens is 4. The predicted molar refractivity (Wildman–Crippen MR) is 171 cm³/mol. The molecule has 2 aromatic carbocycles. The molecule has 4 aromatic rings. The number of benzene rings is 2. The Morgan fingerprint density at radius 2 is 1.76 bits per heavy atom. The number of carbonyl (C=O) groups excluding carboxylic acids is 1. The minimum absolute atomic E-state index is 0.0147. The standard InChI is InChI=1S/C32H41N9O4/c1-2-34-30(44)27-25(42)26(43)31(45-27)41-20-37-24-28(38-32(39-29(24)41)35-15-18-40-16-13-33-14-17-40)36-19-23(21-9-5-3-6-10-21)22-11-7-4-8-12-22/h3-12,20,23,25-27,31,33,42-43H,2,13-19H2,1H3,(H,34,44)(H2,35,36,38,39)/t25-,26+,27-,31?/m0/s1/i1D. The Labute approximate surface area is 263 Å². The minimum Gasteiger partial charge on any atom is -0.387 e. The molecule has 4 atom stereocenters. The lowest BCUT2D eigenvalue weighted by atomic mass is 9.91. The highest BCUT2D eigenvalue weighted by molar-refractivity contribution is 5.85. The van der Waals surface area contributed by atoms with Gasteiger partial charge in [-0.15, -0.1) is 0 Å². The number of imidazole rings is 1. The zero-order valence-electron chi connectivity index (χ0n) is 26.0. The molecular formula is C32H41N9O4. The van der Waals surface area contributed by atoms with Gasteiger partial charge in [-0.1, -0.05) is 60.7 Å². The third-order valence-corrected chi connectivity index (χ3v) is 8.29. The first-order valence-electron chi connectivity index (χ1n) is 16.1. The highest BCUT2D eigenvalue weighted by Gasteiger charge is 2.47. The summed E-state index contributed by atoms with van der Waals surface area (Å²) >= 11 is 0. The Kier molecular flexibility index (Phi) is 9.40. The van der Waals surface area contributed by atoms with E-state index in [9.17, 15) is 15.0 Å². The van der Waals surface area contributed by atoms with E-state index in [2.05, 4.69) is 55.4 Å². The van der Waals surface area contributed by atoms with Crippen LogP contribution in [0.1, 0.15) is 31.5 Å². The Morgan fingerprint density at radius 1 is 1.04 bits per heavy atom. The number of rotatable bonds is 12. The molecule has 0 spiro atoms. The number of nitrogens with one attached hydrogen (secondary N) is 4. The Balaban J connectivity index is 1.29. The third-order valence-electron chi connectivity index (χ3n) is 8.29. The van der Waals surface area contributed by atoms with E-state index in [1.54, 1.807) is 0 Å². The summed E-state index contributed by atoms with van der Waals surface area (Å²) in [5, 5.41) is 34.4. The van der Waals surface area contributed by atoms with Gasteiger partial charge in [-0.05, 0) is 18.0 Å². The first-order valence-corrected chi connectivity index (χ1v) is 15.4. The Bertz CT molecular complexity index is 1530. The van der Waals surface area contributed by atoms with Crippen LogP contribution in [-0.4, -0.2) is 111 Å². The molecule has 0 aliphatic carbocycles. The van der Waals surface area contributed by atoms with Crippen molar-refractivity contribution in [1.82, 2.24) is 35.1 Å². The maximum Gasteiger partial charge on any atom is 0.252 e. The van der Waals surface area contributed by atoms with Crippen LogP contribution in [0.3, 0.4) is 0 Å². The van der Waals surface area contributed by atoms with E-state index < -0.39 is 30.4 Å². The average Bonchev–Trinajstić information content (AvgIpc) is 3.65. The lowest BCUT2D eigenvalue weighted by Gasteiger charge is -2.27. The van der Waals surface area contributed by atoms with E-state index in [0.717, 1.165) is 43.9 Å². The first-order chi connectivity index (χ1) is 22.5. The molecule has 13 heteroatoms. The maximum absolute atomic E-state index is 12.6. The van der Waals surface area contributed by atoms with Crippen molar-refractivity contribution in [3.05, 3.63) is 78.1 Å². The number of hydrogen-bond donors (Lipinski definition) is 6. The lowest BCUT2D eigenvalue weighted by molar-refractivity contribution is -0.137. The van der Waals surface area contributed by atoms with Gasteiger partial charge in [0, 0.05) is 59.6 Å². The number of likely N-dealkylation sites (N-methyl/N-ethyl adjacent to an activating group) is 1. The molecule has 238 valence electrons. The molecule has 2 aliphatic rings. The van der Waals surface area contributed by atoms with Gasteiger partial charge in [-0.25, -0.2) is 4.98 Å². The van der Waals surface area contributed by atoms with Crippen LogP contribution >= 0.6 is 0 Å². The van der Waals surface area contributed by atoms with E-state index in [4.69, 9.17) is 16.1 Å². The lowest BCUT2D eigenvalue weighted by Crippen LogP contribution is -2.45. The van der Waals surface area contributed by atoms with Crippen molar-refractivity contribution >= 4 is 28.8 Å². The molecule has 45 heavy (non-hydrogen) atoms. The zero-order valence-corrected chi connectivity index (χ0v) is 25.0. The average molecular weight is 617 g/mol. The second-order valence-electron chi connectivity index (χ2n) is 11.2. The summed E-state index contributed by atoms with van der Waals surface area (Å²) in [4.78, 5) is 29.1. The van der Waals surface area contributed by atoms with E-state index in [-0.39, 0.29) is 19.4 Å². The summed E-state index contributed by atoms with van der Waals surface area (Å²) in [6, 6.07) is 20.5. The normalized spacial score (nSPS) is 22.4. The van der Waals surface area contributed by atoms with Crippen molar-refractivity contribution in [2.75, 3.05) is 63.0 Å². The Hall–Kier alpha value is -4.14. The van der Waals surface area contributed by atoms with E-state index in [0.29, 0.717) is 36.0 Å². The van der Waals surface area contributed by atoms with Gasteiger partial charge in [-0.3, -0.25) is 14.3 Å². The molecule has 2 aliphatic heterocycles. The van der Waals surface area contributed by atoms with Crippen LogP contribution < -0.4 is 21.3 Å². The molecule has 2 fully saturated rings. The molecular weight excluding hydrogens is 574 g/mol. The molecule has 2 saturated heterocycles. The zero-order chi connectivity index (χ0) is 31.9. The van der Waals surface area contributed by atoms with Gasteiger partial charge >= 0.3 is 0 Å². The van der Waals surface area contributed by atoms with Crippen LogP contribution in [0, 0.1) is 0 Å². The molecule has 0 saturated carbocycles. The van der Waals surface area contributed by atoms with Crippen LogP contribution in [0.5, 0.6) is 0 Å². The van der Waals surface area contributed by atoms with Gasteiger partial charge in [0.05, 0.1) is 6.33 Å². The SMILES string of the molecule is [2H]CCNC(=O)[C@H]1OC(n2cnc3c(NCC(c4ccccc4)c4ccccc4)nc(NCCN4CCNCC4)nc32)[C@H](O)[C@@H]1O. The minimum atomic E-state index is -1.47. The first kappa shape index (κ1) is 29.6. The number of ether oxygens (including phenoxy) is 1. The van der Waals surface area contributed by atoms with Crippen LogP contribution in [-0.2, 0) is 9.53 Å². The van der Waals surface area contributed by atoms with E-state index >= 15 is 0 Å². The fourth-order valence-corrected chi connectivity index (χ4v) is 5.89. The van der Waals surface area contributed by atoms with Crippen LogP contribution in [0.15, 0.2) is 67.0 Å². The fourth-order valence-electron chi connectivity index (χ4n) is 5.89. The number of piperazine rings is 1. The van der Waals surface area contributed by atoms with Crippen molar-refractivity contribution in [3.8, 4) is 0 Å². The highest BCUT2D eigenvalue weighted by atomic mass is 16.6. The molecule has 13 nitrogen and oxygen atoms in total. The smallest absolute Gasteiger partial charge is 0.252 e. The number of aliphatic hydroxyl groups is 2. The monoisotopic (exact) mass is 616 g/mol. The molecule has 1 amide bonds. The van der Waals surface area contributed by atoms with Gasteiger partial charge in [-0.2, -0.15) is 9.97 Å². The predicted octanol–water partition coefficient (Wildman–Crippen LogP) is 1.14. The highest BCUT2D eigenvalue weighted by Crippen LogP contribution is 2.33. The second kappa shape index (κ2) is 14.3. The van der Waals surface area contributed by atoms with Crippen LogP contribution in [0.4, 0.5) is 11.8 Å². The van der Waals surface area contributed by atoms with Gasteiger partial charge in [0.25, 0.3) is 5.91 Å². The molecule has 6 N–H and O–H groups in total. The number of hydrogen-bond acceptors (Lipinski definition) is 11. The summed E-state index contributed by atoms with van der Waals surface area (Å²) in [5.41, 5.74) is 3.14. The van der Waals surface area contributed by atoms with Crippen LogP contribution in [0.25, 0.3) is 11.2 Å². The fraction of sp³-hybridized carbons (Fsp3) is 0.438. The largest absolute Gasteiger partial charge is 0.387 e. The number of nitrogens with zero attached hydrogens (tertiary/aromatic N) is 5. The molecule has 1 unspecified atom stereocenters. The van der Waals surface area contributed by atoms with Gasteiger partial charge in [0.1, 0.15) is 12.2 Å². The van der Waals surface area contributed by atoms with Gasteiger partial charge in [0.15, 0.2) is 29.3 Å². The van der Waals surface area contributed by atoms with Crippen molar-refractivity contribution in [2.45, 2.75) is 37.4 Å². The molecule has 6 rings (SSSR count). The van der Waals surface area contributed by atoms with Crippen LogP contribution in [0.2, 0.25) is 0 Å². The van der Waals surface area contributed by atoms with E-state index in [1.807, 2.05) is 36.4 Å². The molecule has 0 bridgehead atoms. The number of anilines is 2. The molecule has 4 heterocycles. The Morgan fingerprint density at radius 3 is 2.44 bits per heavy atom. The van der Waals surface area contributed by atoms with E-state index in [1.165, 1.54) is 10.9 Å². The van der Waals surface area contributed by atoms with Gasteiger partial charge < -0.3 is 36.2 Å². The third kappa shape index (κ3) is 6.92. The summed E-state index contributed by atoms with van der Waals surface area (Å²) < 4.78 is 14.7. The summed E-state index contributed by atoms with van der Waals surface area (Å²) in [7, 11) is 0. The number of amides is 1. The second-order valence-corrected chi connectivity index (χ2v) is 11.2. The number of fused-ring (bicyclic) bond motifs is 1. The topological polar surface area (TPSA) is 162 Å². The van der Waals surface area contributed by atoms with Crippen molar-refractivity contribution in [1.29, 1.82) is 0 Å². The van der Waals surface area contributed by atoms with Crippen molar-refractivity contribution in [3.63, 3.8) is 0 Å². The maximum atomic E-state index is 12.6. The quantitative estimate of drug-likeness (QED) is 0.135. The van der Waals surface area contributed by atoms with Crippen molar-refractivity contribution in [2.24, 2.45) is 0 Å². The summed E-state index contributed by atoms with van der Waals surface area (Å²) in [6.07, 6.45) is -3.84. The van der Waals surface area contributed by atoms with Crippen molar-refractivity contribution < 1.29 is 21.1 Å². The summed E-state index contributed by atoms with van der Waals surface area (Å²) in [6.45, 7) is 5.91. The number of carbonyl (C=O) groups is 1. The summed E-state index contributed by atoms with van der Waals surface area (Å²) in [5.74, 6) is 0.311. The number of aliphatic hydroxyl groups excluding tert-OH is 2. The van der Waals surface area contributed by atoms with Gasteiger partial charge in [0.2, 0.25) is 5.95 Å². The molecule has 2 aromatic heterocycles.